The van der Waals surface area contributed by atoms with Crippen LogP contribution in [-0.2, 0) is 0 Å². The van der Waals surface area contributed by atoms with Gasteiger partial charge in [0.1, 0.15) is 0 Å². The zero-order valence-corrected chi connectivity index (χ0v) is 12.2. The van der Waals surface area contributed by atoms with Gasteiger partial charge in [-0.05, 0) is 38.8 Å². The number of nitrogens with two attached hydrogens (primary N) is 1. The predicted octanol–water partition coefficient (Wildman–Crippen LogP) is 2.11. The zero-order valence-electron chi connectivity index (χ0n) is 12.2. The number of urea groups is 1. The zero-order chi connectivity index (χ0) is 14.2. The van der Waals surface area contributed by atoms with Crippen molar-refractivity contribution in [2.24, 2.45) is 5.73 Å². The number of amides is 2. The summed E-state index contributed by atoms with van der Waals surface area (Å²) in [4.78, 5) is 13.8. The van der Waals surface area contributed by atoms with Crippen molar-refractivity contribution in [1.29, 1.82) is 0 Å². The van der Waals surface area contributed by atoms with Gasteiger partial charge in [0.15, 0.2) is 0 Å². The molecule has 0 spiro atoms. The van der Waals surface area contributed by atoms with Gasteiger partial charge >= 0.3 is 6.03 Å². The molecule has 104 valence electrons. The second-order valence-electron chi connectivity index (χ2n) is 6.23. The molecule has 3 N–H and O–H groups in total. The molecule has 0 aromatic heterocycles. The molecule has 1 saturated heterocycles. The second-order valence-corrected chi connectivity index (χ2v) is 6.23. The Kier molecular flexibility index (Phi) is 3.54. The SMILES string of the molecule is Cc1ccc(C2CN(CC(C)(C)N)C(=O)N2)c(C)c1. The fourth-order valence-corrected chi connectivity index (χ4v) is 2.61. The van der Waals surface area contributed by atoms with Crippen LogP contribution in [0.4, 0.5) is 4.79 Å². The van der Waals surface area contributed by atoms with Crippen molar-refractivity contribution in [2.75, 3.05) is 13.1 Å². The van der Waals surface area contributed by atoms with E-state index in [4.69, 9.17) is 5.73 Å². The molecule has 0 bridgehead atoms. The molecule has 1 unspecified atom stereocenters. The number of nitrogens with one attached hydrogen (secondary N) is 1. The van der Waals surface area contributed by atoms with E-state index < -0.39 is 0 Å². The lowest BCUT2D eigenvalue weighted by molar-refractivity contribution is 0.207. The summed E-state index contributed by atoms with van der Waals surface area (Å²) in [5.41, 5.74) is 9.28. The number of carbonyl (C=O) groups excluding carboxylic acids is 1. The number of benzene rings is 1. The molecule has 1 fully saturated rings. The lowest BCUT2D eigenvalue weighted by Crippen LogP contribution is -2.46. The van der Waals surface area contributed by atoms with Crippen molar-refractivity contribution in [1.82, 2.24) is 10.2 Å². The van der Waals surface area contributed by atoms with Crippen LogP contribution < -0.4 is 11.1 Å². The number of hydrogen-bond acceptors (Lipinski definition) is 2. The largest absolute Gasteiger partial charge is 0.329 e. The van der Waals surface area contributed by atoms with E-state index in [9.17, 15) is 4.79 Å². The molecule has 1 aromatic rings. The summed E-state index contributed by atoms with van der Waals surface area (Å²) >= 11 is 0. The molecule has 1 heterocycles. The van der Waals surface area contributed by atoms with Gasteiger partial charge in [0.2, 0.25) is 0 Å². The summed E-state index contributed by atoms with van der Waals surface area (Å²) in [5.74, 6) is 0. The van der Waals surface area contributed by atoms with Gasteiger partial charge in [0.25, 0.3) is 0 Å². The molecule has 0 saturated carbocycles. The van der Waals surface area contributed by atoms with Gasteiger partial charge in [0.05, 0.1) is 6.04 Å². The molecule has 4 heteroatoms. The third-order valence-electron chi connectivity index (χ3n) is 3.39. The number of rotatable bonds is 3. The van der Waals surface area contributed by atoms with E-state index in [-0.39, 0.29) is 17.6 Å². The maximum Gasteiger partial charge on any atom is 0.318 e. The Labute approximate surface area is 115 Å². The predicted molar refractivity (Wildman–Crippen MR) is 77.0 cm³/mol. The smallest absolute Gasteiger partial charge is 0.318 e. The number of aryl methyl sites for hydroxylation is 2. The van der Waals surface area contributed by atoms with Gasteiger partial charge in [-0.1, -0.05) is 23.8 Å². The summed E-state index contributed by atoms with van der Waals surface area (Å²) in [6.07, 6.45) is 0. The lowest BCUT2D eigenvalue weighted by atomic mass is 9.99. The molecule has 1 atom stereocenters. The number of nitrogens with zero attached hydrogens (tertiary/aromatic N) is 1. The van der Waals surface area contributed by atoms with E-state index >= 15 is 0 Å². The summed E-state index contributed by atoms with van der Waals surface area (Å²) < 4.78 is 0. The molecule has 19 heavy (non-hydrogen) atoms. The van der Waals surface area contributed by atoms with E-state index in [1.165, 1.54) is 16.7 Å². The van der Waals surface area contributed by atoms with Gasteiger partial charge < -0.3 is 16.0 Å². The topological polar surface area (TPSA) is 58.4 Å². The van der Waals surface area contributed by atoms with Crippen LogP contribution in [-0.4, -0.2) is 29.6 Å². The average molecular weight is 261 g/mol. The minimum absolute atomic E-state index is 0.0245. The molecule has 2 rings (SSSR count). The monoisotopic (exact) mass is 261 g/mol. The van der Waals surface area contributed by atoms with E-state index in [1.54, 1.807) is 4.90 Å². The van der Waals surface area contributed by atoms with Crippen LogP contribution in [0.15, 0.2) is 18.2 Å². The van der Waals surface area contributed by atoms with Crippen molar-refractivity contribution in [2.45, 2.75) is 39.3 Å². The van der Waals surface area contributed by atoms with Crippen molar-refractivity contribution in [3.05, 3.63) is 34.9 Å². The van der Waals surface area contributed by atoms with Crippen LogP contribution >= 0.6 is 0 Å². The molecule has 0 aliphatic carbocycles. The summed E-state index contributed by atoms with van der Waals surface area (Å²) in [6.45, 7) is 9.29. The second kappa shape index (κ2) is 4.85. The van der Waals surface area contributed by atoms with Crippen LogP contribution in [0.5, 0.6) is 0 Å². The molecule has 0 radical (unpaired) electrons. The maximum atomic E-state index is 12.0. The van der Waals surface area contributed by atoms with Gasteiger partial charge in [-0.25, -0.2) is 4.79 Å². The number of carbonyl (C=O) groups is 1. The molecular formula is C15H23N3O. The average Bonchev–Trinajstić information content (AvgIpc) is 2.57. The first-order valence-electron chi connectivity index (χ1n) is 6.68. The van der Waals surface area contributed by atoms with Gasteiger partial charge in [0, 0.05) is 18.6 Å². The van der Waals surface area contributed by atoms with Crippen LogP contribution in [0.1, 0.15) is 36.6 Å². The Morgan fingerprint density at radius 1 is 1.42 bits per heavy atom. The van der Waals surface area contributed by atoms with Crippen molar-refractivity contribution < 1.29 is 4.79 Å². The Bertz CT molecular complexity index is 491. The molecule has 1 aromatic carbocycles. The third-order valence-corrected chi connectivity index (χ3v) is 3.39. The molecule has 1 aliphatic rings. The van der Waals surface area contributed by atoms with Crippen LogP contribution in [0, 0.1) is 13.8 Å². The Hall–Kier alpha value is -1.55. The van der Waals surface area contributed by atoms with Crippen molar-refractivity contribution >= 4 is 6.03 Å². The quantitative estimate of drug-likeness (QED) is 0.875. The van der Waals surface area contributed by atoms with E-state index in [0.717, 1.165) is 0 Å². The summed E-state index contributed by atoms with van der Waals surface area (Å²) in [6, 6.07) is 6.38. The first-order chi connectivity index (χ1) is 8.76. The fourth-order valence-electron chi connectivity index (χ4n) is 2.61. The highest BCUT2D eigenvalue weighted by Gasteiger charge is 2.32. The van der Waals surface area contributed by atoms with E-state index in [0.29, 0.717) is 13.1 Å². The van der Waals surface area contributed by atoms with Gasteiger partial charge in [-0.3, -0.25) is 0 Å². The maximum absolute atomic E-state index is 12.0. The third kappa shape index (κ3) is 3.26. The highest BCUT2D eigenvalue weighted by atomic mass is 16.2. The molecule has 2 amide bonds. The normalized spacial score (nSPS) is 19.7. The van der Waals surface area contributed by atoms with Crippen molar-refractivity contribution in [3.63, 3.8) is 0 Å². The van der Waals surface area contributed by atoms with Crippen LogP contribution in [0.2, 0.25) is 0 Å². The van der Waals surface area contributed by atoms with Crippen LogP contribution in [0.3, 0.4) is 0 Å². The lowest BCUT2D eigenvalue weighted by Gasteiger charge is -2.25. The Morgan fingerprint density at radius 3 is 2.68 bits per heavy atom. The highest BCUT2D eigenvalue weighted by Crippen LogP contribution is 2.24. The highest BCUT2D eigenvalue weighted by molar-refractivity contribution is 5.77. The van der Waals surface area contributed by atoms with Crippen molar-refractivity contribution in [3.8, 4) is 0 Å². The van der Waals surface area contributed by atoms with Crippen LogP contribution in [0.25, 0.3) is 0 Å². The van der Waals surface area contributed by atoms with Gasteiger partial charge in [-0.15, -0.1) is 0 Å². The fraction of sp³-hybridized carbons (Fsp3) is 0.533. The Balaban J connectivity index is 2.14. The van der Waals surface area contributed by atoms with E-state index in [1.807, 2.05) is 13.8 Å². The minimum atomic E-state index is -0.367. The minimum Gasteiger partial charge on any atom is -0.329 e. The summed E-state index contributed by atoms with van der Waals surface area (Å²) in [5, 5.41) is 3.03. The van der Waals surface area contributed by atoms with Gasteiger partial charge in [-0.2, -0.15) is 0 Å². The molecule has 4 nitrogen and oxygen atoms in total. The summed E-state index contributed by atoms with van der Waals surface area (Å²) in [7, 11) is 0. The molecular weight excluding hydrogens is 238 g/mol. The first kappa shape index (κ1) is 13.9. The van der Waals surface area contributed by atoms with E-state index in [2.05, 4.69) is 37.4 Å². The Morgan fingerprint density at radius 2 is 2.11 bits per heavy atom. The standard InChI is InChI=1S/C15H23N3O/c1-10-5-6-12(11(2)7-10)13-8-18(14(19)17-13)9-15(3,4)16/h5-7,13H,8-9,16H2,1-4H3,(H,17,19). The number of hydrogen-bond donors (Lipinski definition) is 2. The molecule has 1 aliphatic heterocycles. The first-order valence-corrected chi connectivity index (χ1v) is 6.68.